The molecule has 2 atom stereocenters. The van der Waals surface area contributed by atoms with Gasteiger partial charge >= 0.3 is 0 Å². The topological polar surface area (TPSA) is 41.5 Å². The monoisotopic (exact) mass is 213 g/mol. The van der Waals surface area contributed by atoms with Crippen LogP contribution < -0.4 is 5.32 Å². The lowest BCUT2D eigenvalue weighted by Crippen LogP contribution is -2.46. The van der Waals surface area contributed by atoms with E-state index in [1.54, 1.807) is 0 Å². The summed E-state index contributed by atoms with van der Waals surface area (Å²) in [5.41, 5.74) is 0.000446. The van der Waals surface area contributed by atoms with Gasteiger partial charge in [0.2, 0.25) is 0 Å². The Kier molecular flexibility index (Phi) is 3.33. The fourth-order valence-corrected chi connectivity index (χ4v) is 2.34. The van der Waals surface area contributed by atoms with Crippen molar-refractivity contribution in [2.45, 2.75) is 57.3 Å². The number of hydrogen-bond acceptors (Lipinski definition) is 3. The van der Waals surface area contributed by atoms with Gasteiger partial charge in [-0.25, -0.2) is 0 Å². The van der Waals surface area contributed by atoms with Crippen LogP contribution in [0.2, 0.25) is 0 Å². The molecule has 88 valence electrons. The van der Waals surface area contributed by atoms with Crippen LogP contribution in [0, 0.1) is 5.92 Å². The van der Waals surface area contributed by atoms with Gasteiger partial charge in [0.25, 0.3) is 0 Å². The molecule has 3 nitrogen and oxygen atoms in total. The van der Waals surface area contributed by atoms with Gasteiger partial charge in [-0.15, -0.1) is 0 Å². The number of aliphatic hydroxyl groups is 1. The third-order valence-corrected chi connectivity index (χ3v) is 3.48. The van der Waals surface area contributed by atoms with Crippen LogP contribution in [0.5, 0.6) is 0 Å². The lowest BCUT2D eigenvalue weighted by atomic mass is 9.94. The quantitative estimate of drug-likeness (QED) is 0.739. The Morgan fingerprint density at radius 3 is 2.73 bits per heavy atom. The Hall–Kier alpha value is -0.120. The second-order valence-electron chi connectivity index (χ2n) is 5.61. The van der Waals surface area contributed by atoms with E-state index in [-0.39, 0.29) is 11.7 Å². The van der Waals surface area contributed by atoms with E-state index in [9.17, 15) is 5.11 Å². The Morgan fingerprint density at radius 1 is 1.40 bits per heavy atom. The number of nitrogens with one attached hydrogen (secondary N) is 1. The Morgan fingerprint density at radius 2 is 2.13 bits per heavy atom. The van der Waals surface area contributed by atoms with Crippen LogP contribution in [-0.2, 0) is 4.74 Å². The molecule has 0 aromatic heterocycles. The van der Waals surface area contributed by atoms with Crippen molar-refractivity contribution in [1.82, 2.24) is 5.32 Å². The van der Waals surface area contributed by atoms with Crippen LogP contribution in [0.1, 0.15) is 39.5 Å². The van der Waals surface area contributed by atoms with E-state index in [0.717, 1.165) is 26.0 Å². The summed E-state index contributed by atoms with van der Waals surface area (Å²) in [6.45, 7) is 5.87. The number of aliphatic hydroxyl groups excluding tert-OH is 1. The molecule has 1 saturated carbocycles. The van der Waals surface area contributed by atoms with Crippen LogP contribution >= 0.6 is 0 Å². The zero-order chi connectivity index (χ0) is 10.9. The highest BCUT2D eigenvalue weighted by Crippen LogP contribution is 2.32. The summed E-state index contributed by atoms with van der Waals surface area (Å²) in [5.74, 6) is 0.574. The summed E-state index contributed by atoms with van der Waals surface area (Å²) in [5, 5.41) is 13.2. The van der Waals surface area contributed by atoms with Gasteiger partial charge in [0, 0.05) is 19.2 Å². The molecule has 1 heterocycles. The molecule has 1 saturated heterocycles. The average Bonchev–Trinajstić information content (AvgIpc) is 2.95. The summed E-state index contributed by atoms with van der Waals surface area (Å²) in [4.78, 5) is 0. The second kappa shape index (κ2) is 4.40. The van der Waals surface area contributed by atoms with Crippen molar-refractivity contribution in [2.75, 3.05) is 13.2 Å². The van der Waals surface area contributed by atoms with Gasteiger partial charge < -0.3 is 15.2 Å². The fraction of sp³-hybridized carbons (Fsp3) is 1.00. The number of ether oxygens (including phenoxy) is 1. The second-order valence-corrected chi connectivity index (χ2v) is 5.61. The maximum absolute atomic E-state index is 9.76. The summed E-state index contributed by atoms with van der Waals surface area (Å²) in [7, 11) is 0. The maximum atomic E-state index is 9.76. The molecular formula is C12H23NO2. The van der Waals surface area contributed by atoms with Crippen LogP contribution in [0.25, 0.3) is 0 Å². The average molecular weight is 213 g/mol. The Balaban J connectivity index is 1.69. The molecule has 0 radical (unpaired) electrons. The molecule has 0 bridgehead atoms. The Bertz CT molecular complexity index is 214. The van der Waals surface area contributed by atoms with Crippen molar-refractivity contribution in [3.8, 4) is 0 Å². The zero-order valence-corrected chi connectivity index (χ0v) is 9.83. The first kappa shape index (κ1) is 11.4. The molecule has 2 rings (SSSR count). The minimum Gasteiger partial charge on any atom is -0.392 e. The minimum absolute atomic E-state index is 0.000446. The largest absolute Gasteiger partial charge is 0.392 e. The molecule has 2 N–H and O–H groups in total. The van der Waals surface area contributed by atoms with Crippen molar-refractivity contribution >= 4 is 0 Å². The fourth-order valence-electron chi connectivity index (χ4n) is 2.34. The Labute approximate surface area is 92.2 Å². The van der Waals surface area contributed by atoms with Gasteiger partial charge in [0.05, 0.1) is 11.7 Å². The summed E-state index contributed by atoms with van der Waals surface area (Å²) in [6.07, 6.45) is 4.41. The number of rotatable bonds is 4. The standard InChI is InChI=1S/C12H23NO2/c1-12(2)7-10(5-6-15-12)13-8-11(14)9-3-4-9/h9-11,13-14H,3-8H2,1-2H3. The van der Waals surface area contributed by atoms with E-state index in [1.165, 1.54) is 12.8 Å². The van der Waals surface area contributed by atoms with Crippen molar-refractivity contribution in [3.63, 3.8) is 0 Å². The molecule has 0 aromatic carbocycles. The molecule has 1 aliphatic carbocycles. The molecule has 15 heavy (non-hydrogen) atoms. The molecule has 2 unspecified atom stereocenters. The van der Waals surface area contributed by atoms with E-state index < -0.39 is 0 Å². The molecule has 1 aliphatic heterocycles. The summed E-state index contributed by atoms with van der Waals surface area (Å²) >= 11 is 0. The molecule has 0 aromatic rings. The minimum atomic E-state index is -0.129. The van der Waals surface area contributed by atoms with E-state index in [0.29, 0.717) is 12.0 Å². The molecular weight excluding hydrogens is 190 g/mol. The molecule has 0 amide bonds. The van der Waals surface area contributed by atoms with Crippen LogP contribution in [0.15, 0.2) is 0 Å². The van der Waals surface area contributed by atoms with Crippen LogP contribution in [0.3, 0.4) is 0 Å². The highest BCUT2D eigenvalue weighted by Gasteiger charge is 2.32. The van der Waals surface area contributed by atoms with E-state index in [1.807, 2.05) is 0 Å². The van der Waals surface area contributed by atoms with Gasteiger partial charge in [-0.3, -0.25) is 0 Å². The lowest BCUT2D eigenvalue weighted by Gasteiger charge is -2.36. The van der Waals surface area contributed by atoms with Crippen LogP contribution in [-0.4, -0.2) is 36.0 Å². The summed E-state index contributed by atoms with van der Waals surface area (Å²) in [6, 6.07) is 0.516. The van der Waals surface area contributed by atoms with E-state index in [4.69, 9.17) is 4.74 Å². The van der Waals surface area contributed by atoms with Gasteiger partial charge in [-0.2, -0.15) is 0 Å². The smallest absolute Gasteiger partial charge is 0.0692 e. The first-order valence-electron chi connectivity index (χ1n) is 6.12. The zero-order valence-electron chi connectivity index (χ0n) is 9.83. The van der Waals surface area contributed by atoms with Crippen molar-refractivity contribution in [1.29, 1.82) is 0 Å². The predicted octanol–water partition coefficient (Wildman–Crippen LogP) is 1.30. The van der Waals surface area contributed by atoms with Gasteiger partial charge in [0.1, 0.15) is 0 Å². The van der Waals surface area contributed by atoms with E-state index in [2.05, 4.69) is 19.2 Å². The first-order valence-corrected chi connectivity index (χ1v) is 6.12. The van der Waals surface area contributed by atoms with Crippen molar-refractivity contribution in [3.05, 3.63) is 0 Å². The molecule has 2 aliphatic rings. The predicted molar refractivity (Wildman–Crippen MR) is 59.8 cm³/mol. The lowest BCUT2D eigenvalue weighted by molar-refractivity contribution is -0.0640. The maximum Gasteiger partial charge on any atom is 0.0692 e. The van der Waals surface area contributed by atoms with Gasteiger partial charge in [-0.05, 0) is 45.4 Å². The molecule has 2 fully saturated rings. The van der Waals surface area contributed by atoms with Crippen molar-refractivity contribution in [2.24, 2.45) is 5.92 Å². The highest BCUT2D eigenvalue weighted by atomic mass is 16.5. The van der Waals surface area contributed by atoms with Gasteiger partial charge in [-0.1, -0.05) is 0 Å². The number of hydrogen-bond donors (Lipinski definition) is 2. The summed E-state index contributed by atoms with van der Waals surface area (Å²) < 4.78 is 5.66. The third kappa shape index (κ3) is 3.44. The van der Waals surface area contributed by atoms with Crippen LogP contribution in [0.4, 0.5) is 0 Å². The molecule has 0 spiro atoms. The molecule has 3 heteroatoms. The first-order chi connectivity index (χ1) is 7.07. The third-order valence-electron chi connectivity index (χ3n) is 3.48. The highest BCUT2D eigenvalue weighted by molar-refractivity contribution is 4.86. The normalized spacial score (nSPS) is 32.6. The van der Waals surface area contributed by atoms with Gasteiger partial charge in [0.15, 0.2) is 0 Å². The van der Waals surface area contributed by atoms with E-state index >= 15 is 0 Å². The SMILES string of the molecule is CC1(C)CC(NCC(O)C2CC2)CCO1. The van der Waals surface area contributed by atoms with Crippen molar-refractivity contribution < 1.29 is 9.84 Å².